The molecule has 0 bridgehead atoms. The molecule has 98 valence electrons. The molecule has 0 saturated heterocycles. The predicted molar refractivity (Wildman–Crippen MR) is 70.1 cm³/mol. The third kappa shape index (κ3) is 4.66. The van der Waals surface area contributed by atoms with Crippen molar-refractivity contribution < 1.29 is 9.72 Å². The van der Waals surface area contributed by atoms with Gasteiger partial charge in [0.15, 0.2) is 0 Å². The van der Waals surface area contributed by atoms with Crippen molar-refractivity contribution in [1.29, 1.82) is 0 Å². The van der Waals surface area contributed by atoms with Crippen LogP contribution < -0.4 is 11.1 Å². The van der Waals surface area contributed by atoms with Gasteiger partial charge in [-0.15, -0.1) is 0 Å². The van der Waals surface area contributed by atoms with Gasteiger partial charge in [0, 0.05) is 19.0 Å². The number of aromatic nitrogens is 1. The second kappa shape index (κ2) is 6.90. The Labute approximate surface area is 112 Å². The van der Waals surface area contributed by atoms with Crippen molar-refractivity contribution in [3.8, 4) is 0 Å². The lowest BCUT2D eigenvalue weighted by Crippen LogP contribution is -2.11. The summed E-state index contributed by atoms with van der Waals surface area (Å²) in [6.07, 6.45) is 3.02. The van der Waals surface area contributed by atoms with Crippen LogP contribution in [0.15, 0.2) is 16.7 Å². The van der Waals surface area contributed by atoms with Gasteiger partial charge in [0.25, 0.3) is 5.69 Å². The van der Waals surface area contributed by atoms with Gasteiger partial charge in [0.05, 0.1) is 9.40 Å². The second-order valence-corrected chi connectivity index (χ2v) is 4.49. The van der Waals surface area contributed by atoms with Crippen LogP contribution in [-0.4, -0.2) is 22.4 Å². The van der Waals surface area contributed by atoms with Crippen LogP contribution in [0.2, 0.25) is 0 Å². The number of unbranched alkanes of at least 4 members (excludes halogenated alkanes) is 1. The predicted octanol–water partition coefficient (Wildman–Crippen LogP) is 1.82. The lowest BCUT2D eigenvalue weighted by Gasteiger charge is -2.06. The van der Waals surface area contributed by atoms with Crippen LogP contribution in [0.4, 0.5) is 11.5 Å². The minimum Gasteiger partial charge on any atom is -0.370 e. The Morgan fingerprint density at radius 1 is 1.56 bits per heavy atom. The molecule has 0 aliphatic rings. The number of pyridine rings is 1. The molecule has 0 unspecified atom stereocenters. The zero-order chi connectivity index (χ0) is 13.5. The number of primary amides is 1. The lowest BCUT2D eigenvalue weighted by atomic mass is 10.2. The van der Waals surface area contributed by atoms with Crippen LogP contribution in [0.3, 0.4) is 0 Å². The van der Waals surface area contributed by atoms with Crippen molar-refractivity contribution in [1.82, 2.24) is 4.98 Å². The third-order valence-electron chi connectivity index (χ3n) is 2.18. The average Bonchev–Trinajstić information content (AvgIpc) is 2.29. The van der Waals surface area contributed by atoms with Gasteiger partial charge in [-0.25, -0.2) is 4.98 Å². The summed E-state index contributed by atoms with van der Waals surface area (Å²) in [5.74, 6) is 0.226. The first kappa shape index (κ1) is 14.4. The summed E-state index contributed by atoms with van der Waals surface area (Å²) >= 11 is 3.20. The Morgan fingerprint density at radius 3 is 2.83 bits per heavy atom. The number of anilines is 1. The number of hydrogen-bond donors (Lipinski definition) is 2. The van der Waals surface area contributed by atoms with Gasteiger partial charge in [0.2, 0.25) is 5.91 Å². The van der Waals surface area contributed by atoms with E-state index in [1.165, 1.54) is 12.3 Å². The van der Waals surface area contributed by atoms with Crippen molar-refractivity contribution in [3.63, 3.8) is 0 Å². The molecule has 0 aliphatic carbocycles. The van der Waals surface area contributed by atoms with Gasteiger partial charge >= 0.3 is 0 Å². The van der Waals surface area contributed by atoms with E-state index >= 15 is 0 Å². The van der Waals surface area contributed by atoms with Gasteiger partial charge < -0.3 is 11.1 Å². The fourth-order valence-corrected chi connectivity index (χ4v) is 1.77. The first-order chi connectivity index (χ1) is 8.50. The minimum absolute atomic E-state index is 0.0684. The van der Waals surface area contributed by atoms with Crippen molar-refractivity contribution in [2.75, 3.05) is 11.9 Å². The molecule has 7 nitrogen and oxygen atoms in total. The van der Waals surface area contributed by atoms with Crippen LogP contribution in [0.5, 0.6) is 0 Å². The molecule has 3 N–H and O–H groups in total. The number of nitro groups is 1. The van der Waals surface area contributed by atoms with E-state index in [2.05, 4.69) is 26.2 Å². The first-order valence-electron chi connectivity index (χ1n) is 5.33. The average molecular weight is 317 g/mol. The molecular weight excluding hydrogens is 304 g/mol. The van der Waals surface area contributed by atoms with E-state index < -0.39 is 4.92 Å². The van der Waals surface area contributed by atoms with Crippen molar-refractivity contribution in [2.45, 2.75) is 19.3 Å². The number of rotatable bonds is 7. The summed E-state index contributed by atoms with van der Waals surface area (Å²) in [4.78, 5) is 24.4. The van der Waals surface area contributed by atoms with Crippen LogP contribution in [0.1, 0.15) is 19.3 Å². The maximum Gasteiger partial charge on any atom is 0.288 e. The van der Waals surface area contributed by atoms with Gasteiger partial charge in [-0.3, -0.25) is 14.9 Å². The molecule has 18 heavy (non-hydrogen) atoms. The van der Waals surface area contributed by atoms with Crippen LogP contribution in [0.25, 0.3) is 0 Å². The van der Waals surface area contributed by atoms with Crippen LogP contribution >= 0.6 is 15.9 Å². The number of nitrogens with two attached hydrogens (primary N) is 1. The zero-order valence-corrected chi connectivity index (χ0v) is 11.1. The van der Waals surface area contributed by atoms with E-state index in [1.807, 2.05) is 0 Å². The van der Waals surface area contributed by atoms with E-state index in [0.29, 0.717) is 29.7 Å². The molecule has 1 aromatic rings. The van der Waals surface area contributed by atoms with E-state index in [1.54, 1.807) is 0 Å². The summed E-state index contributed by atoms with van der Waals surface area (Å²) in [5.41, 5.74) is 4.94. The van der Waals surface area contributed by atoms with Crippen LogP contribution in [0, 0.1) is 10.1 Å². The molecule has 1 rings (SSSR count). The summed E-state index contributed by atoms with van der Waals surface area (Å²) in [5, 5.41) is 13.5. The van der Waals surface area contributed by atoms with E-state index in [-0.39, 0.29) is 11.6 Å². The highest BCUT2D eigenvalue weighted by Crippen LogP contribution is 2.24. The molecule has 0 radical (unpaired) electrons. The Bertz CT molecular complexity index is 453. The number of hydrogen-bond acceptors (Lipinski definition) is 5. The summed E-state index contributed by atoms with van der Waals surface area (Å²) in [7, 11) is 0. The molecule has 8 heteroatoms. The molecule has 0 atom stereocenters. The quantitative estimate of drug-likeness (QED) is 0.452. The Hall–Kier alpha value is -1.70. The molecule has 0 aromatic carbocycles. The van der Waals surface area contributed by atoms with Crippen LogP contribution in [-0.2, 0) is 4.79 Å². The highest BCUT2D eigenvalue weighted by molar-refractivity contribution is 9.10. The van der Waals surface area contributed by atoms with Gasteiger partial charge in [-0.05, 0) is 28.8 Å². The molecule has 1 heterocycles. The largest absolute Gasteiger partial charge is 0.370 e. The minimum atomic E-state index is -0.506. The summed E-state index contributed by atoms with van der Waals surface area (Å²) in [6.45, 7) is 0.622. The molecular formula is C10H13BrN4O3. The normalized spacial score (nSPS) is 10.1. The Kier molecular flexibility index (Phi) is 5.50. The maximum absolute atomic E-state index is 10.5. The molecule has 1 amide bonds. The number of carbonyl (C=O) groups is 1. The molecule has 0 fully saturated rings. The fraction of sp³-hybridized carbons (Fsp3) is 0.400. The number of amides is 1. The standard InChI is InChI=1S/C10H13BrN4O3/c11-8-5-7(15(17)18)6-14-10(8)13-4-2-1-3-9(12)16/h5-6H,1-4H2,(H2,12,16)(H,13,14). The topological polar surface area (TPSA) is 111 Å². The smallest absolute Gasteiger partial charge is 0.288 e. The molecule has 0 spiro atoms. The van der Waals surface area contributed by atoms with Crippen molar-refractivity contribution in [2.24, 2.45) is 5.73 Å². The highest BCUT2D eigenvalue weighted by Gasteiger charge is 2.09. The lowest BCUT2D eigenvalue weighted by molar-refractivity contribution is -0.385. The van der Waals surface area contributed by atoms with Crippen molar-refractivity contribution >= 4 is 33.3 Å². The molecule has 1 aromatic heterocycles. The summed E-state index contributed by atoms with van der Waals surface area (Å²) < 4.78 is 0.534. The number of carbonyl (C=O) groups excluding carboxylic acids is 1. The number of nitrogens with one attached hydrogen (secondary N) is 1. The van der Waals surface area contributed by atoms with Gasteiger partial charge in [-0.2, -0.15) is 0 Å². The SMILES string of the molecule is NC(=O)CCCCNc1ncc([N+](=O)[O-])cc1Br. The Morgan fingerprint density at radius 2 is 2.28 bits per heavy atom. The molecule has 0 aliphatic heterocycles. The molecule has 0 saturated carbocycles. The van der Waals surface area contributed by atoms with E-state index in [9.17, 15) is 14.9 Å². The second-order valence-electron chi connectivity index (χ2n) is 3.63. The fourth-order valence-electron chi connectivity index (χ4n) is 1.29. The number of nitrogens with zero attached hydrogens (tertiary/aromatic N) is 2. The third-order valence-corrected chi connectivity index (χ3v) is 2.78. The first-order valence-corrected chi connectivity index (χ1v) is 6.12. The Balaban J connectivity index is 2.43. The zero-order valence-electron chi connectivity index (χ0n) is 9.56. The van der Waals surface area contributed by atoms with E-state index in [4.69, 9.17) is 5.73 Å². The summed E-state index contributed by atoms with van der Waals surface area (Å²) in [6, 6.07) is 1.39. The maximum atomic E-state index is 10.5. The van der Waals surface area contributed by atoms with Gasteiger partial charge in [-0.1, -0.05) is 0 Å². The highest BCUT2D eigenvalue weighted by atomic mass is 79.9. The van der Waals surface area contributed by atoms with Crippen molar-refractivity contribution in [3.05, 3.63) is 26.9 Å². The monoisotopic (exact) mass is 316 g/mol. The van der Waals surface area contributed by atoms with E-state index in [0.717, 1.165) is 6.42 Å². The number of halogens is 1. The van der Waals surface area contributed by atoms with Gasteiger partial charge in [0.1, 0.15) is 12.0 Å².